The molecule has 1 rings (SSSR count). The first-order valence-corrected chi connectivity index (χ1v) is 8.00. The molecular weight excluding hydrogens is 248 g/mol. The molecule has 1 heterocycles. The van der Waals surface area contributed by atoms with E-state index in [2.05, 4.69) is 41.0 Å². The first kappa shape index (κ1) is 16.9. The first-order chi connectivity index (χ1) is 9.69. The van der Waals surface area contributed by atoms with E-state index >= 15 is 0 Å². The van der Waals surface area contributed by atoms with Gasteiger partial charge in [-0.3, -0.25) is 4.90 Å². The Labute approximate surface area is 124 Å². The van der Waals surface area contributed by atoms with Gasteiger partial charge in [-0.1, -0.05) is 26.7 Å². The Kier molecular flexibility index (Phi) is 8.19. The maximum Gasteiger partial charge on any atom is 0.144 e. The van der Waals surface area contributed by atoms with Crippen LogP contribution in [0, 0.1) is 6.92 Å². The predicted octanol–water partition coefficient (Wildman–Crippen LogP) is 3.62. The predicted molar refractivity (Wildman–Crippen MR) is 86.0 cm³/mol. The van der Waals surface area contributed by atoms with E-state index in [1.807, 2.05) is 13.0 Å². The molecule has 0 fully saturated rings. The van der Waals surface area contributed by atoms with E-state index in [0.29, 0.717) is 0 Å². The lowest BCUT2D eigenvalue weighted by Crippen LogP contribution is -2.27. The molecule has 0 aliphatic rings. The molecule has 4 heteroatoms. The number of hydrogen-bond acceptors (Lipinski definition) is 4. The maximum atomic E-state index is 4.62. The van der Waals surface area contributed by atoms with Crippen molar-refractivity contribution in [2.45, 2.75) is 59.9 Å². The lowest BCUT2D eigenvalue weighted by molar-refractivity contribution is 0.251. The van der Waals surface area contributed by atoms with Crippen LogP contribution in [0.3, 0.4) is 0 Å². The van der Waals surface area contributed by atoms with Crippen molar-refractivity contribution in [3.05, 3.63) is 17.6 Å². The summed E-state index contributed by atoms with van der Waals surface area (Å²) < 4.78 is 0. The summed E-state index contributed by atoms with van der Waals surface area (Å²) in [5.41, 5.74) is 1.04. The van der Waals surface area contributed by atoms with Gasteiger partial charge in [-0.25, -0.2) is 9.97 Å². The monoisotopic (exact) mass is 278 g/mol. The second kappa shape index (κ2) is 9.70. The molecule has 0 aliphatic heterocycles. The van der Waals surface area contributed by atoms with Gasteiger partial charge in [0.1, 0.15) is 11.6 Å². The van der Waals surface area contributed by atoms with Crippen LogP contribution in [0.15, 0.2) is 6.07 Å². The van der Waals surface area contributed by atoms with Crippen LogP contribution in [0.1, 0.15) is 58.0 Å². The Bertz CT molecular complexity index is 371. The molecule has 4 nitrogen and oxygen atoms in total. The zero-order valence-corrected chi connectivity index (χ0v) is 13.6. The van der Waals surface area contributed by atoms with E-state index < -0.39 is 0 Å². The molecular formula is C16H30N4. The Morgan fingerprint density at radius 2 is 1.70 bits per heavy atom. The van der Waals surface area contributed by atoms with Gasteiger partial charge >= 0.3 is 0 Å². The highest BCUT2D eigenvalue weighted by Gasteiger charge is 2.09. The topological polar surface area (TPSA) is 41.1 Å². The summed E-state index contributed by atoms with van der Waals surface area (Å²) in [7, 11) is 0. The molecule has 114 valence electrons. The Morgan fingerprint density at radius 3 is 2.25 bits per heavy atom. The average molecular weight is 278 g/mol. The van der Waals surface area contributed by atoms with Crippen LogP contribution in [-0.4, -0.2) is 34.5 Å². The molecule has 1 N–H and O–H groups in total. The lowest BCUT2D eigenvalue weighted by Gasteiger charge is -2.21. The fourth-order valence-electron chi connectivity index (χ4n) is 2.21. The van der Waals surface area contributed by atoms with Crippen molar-refractivity contribution in [3.8, 4) is 0 Å². The average Bonchev–Trinajstić information content (AvgIpc) is 2.41. The second-order valence-corrected chi connectivity index (χ2v) is 5.32. The summed E-state index contributed by atoms with van der Waals surface area (Å²) in [5, 5.41) is 3.28. The van der Waals surface area contributed by atoms with E-state index in [-0.39, 0.29) is 0 Å². The van der Waals surface area contributed by atoms with Crippen LogP contribution in [0.5, 0.6) is 0 Å². The fourth-order valence-corrected chi connectivity index (χ4v) is 2.21. The highest BCUT2D eigenvalue weighted by molar-refractivity contribution is 5.35. The van der Waals surface area contributed by atoms with Gasteiger partial charge in [0.25, 0.3) is 0 Å². The van der Waals surface area contributed by atoms with Gasteiger partial charge in [-0.05, 0) is 39.8 Å². The smallest absolute Gasteiger partial charge is 0.144 e. The Hall–Kier alpha value is -1.16. The molecule has 1 aromatic heterocycles. The minimum Gasteiger partial charge on any atom is -0.370 e. The van der Waals surface area contributed by atoms with E-state index in [9.17, 15) is 0 Å². The number of anilines is 1. The number of unbranched alkanes of at least 4 members (excludes halogenated alkanes) is 2. The number of nitrogens with one attached hydrogen (secondary N) is 1. The lowest BCUT2D eigenvalue weighted by atomic mass is 10.2. The third-order valence-corrected chi connectivity index (χ3v) is 3.28. The van der Waals surface area contributed by atoms with Crippen molar-refractivity contribution in [2.24, 2.45) is 0 Å². The molecule has 0 atom stereocenters. The number of nitrogens with zero attached hydrogens (tertiary/aromatic N) is 3. The highest BCUT2D eigenvalue weighted by Crippen LogP contribution is 2.09. The Morgan fingerprint density at radius 1 is 1.05 bits per heavy atom. The van der Waals surface area contributed by atoms with Gasteiger partial charge in [-0.2, -0.15) is 0 Å². The molecule has 0 spiro atoms. The standard InChI is InChI=1S/C16H30N4/c1-5-8-10-20(11-9-6-2)13-16-18-14(4)12-15(19-16)17-7-3/h12H,5-11,13H2,1-4H3,(H,17,18,19). The molecule has 0 aliphatic carbocycles. The molecule has 0 amide bonds. The molecule has 0 bridgehead atoms. The minimum atomic E-state index is 0.861. The van der Waals surface area contributed by atoms with Crippen molar-refractivity contribution in [1.82, 2.24) is 14.9 Å². The summed E-state index contributed by atoms with van der Waals surface area (Å²) >= 11 is 0. The van der Waals surface area contributed by atoms with Crippen LogP contribution in [-0.2, 0) is 6.54 Å². The van der Waals surface area contributed by atoms with Crippen molar-refractivity contribution in [2.75, 3.05) is 25.0 Å². The van der Waals surface area contributed by atoms with Gasteiger partial charge in [0.15, 0.2) is 0 Å². The molecule has 0 unspecified atom stereocenters. The van der Waals surface area contributed by atoms with Gasteiger partial charge < -0.3 is 5.32 Å². The zero-order chi connectivity index (χ0) is 14.8. The van der Waals surface area contributed by atoms with Gasteiger partial charge in [0.05, 0.1) is 6.54 Å². The van der Waals surface area contributed by atoms with Crippen LogP contribution in [0.4, 0.5) is 5.82 Å². The van der Waals surface area contributed by atoms with Gasteiger partial charge in [0.2, 0.25) is 0 Å². The zero-order valence-electron chi connectivity index (χ0n) is 13.6. The molecule has 0 saturated heterocycles. The second-order valence-electron chi connectivity index (χ2n) is 5.32. The summed E-state index contributed by atoms with van der Waals surface area (Å²) in [6, 6.07) is 2.01. The summed E-state index contributed by atoms with van der Waals surface area (Å²) in [6.07, 6.45) is 4.96. The summed E-state index contributed by atoms with van der Waals surface area (Å²) in [6.45, 7) is 12.6. The van der Waals surface area contributed by atoms with Crippen LogP contribution >= 0.6 is 0 Å². The van der Waals surface area contributed by atoms with Crippen molar-refractivity contribution >= 4 is 5.82 Å². The number of aromatic nitrogens is 2. The Balaban J connectivity index is 2.69. The SMILES string of the molecule is CCCCN(CCCC)Cc1nc(C)cc(NCC)n1. The van der Waals surface area contributed by atoms with Crippen LogP contribution in [0.2, 0.25) is 0 Å². The third-order valence-electron chi connectivity index (χ3n) is 3.28. The van der Waals surface area contributed by atoms with Gasteiger partial charge in [-0.15, -0.1) is 0 Å². The van der Waals surface area contributed by atoms with E-state index in [4.69, 9.17) is 0 Å². The number of rotatable bonds is 10. The van der Waals surface area contributed by atoms with Crippen molar-refractivity contribution in [3.63, 3.8) is 0 Å². The summed E-state index contributed by atoms with van der Waals surface area (Å²) in [5.74, 6) is 1.88. The normalized spacial score (nSPS) is 11.1. The quantitative estimate of drug-likeness (QED) is 0.709. The highest BCUT2D eigenvalue weighted by atomic mass is 15.2. The van der Waals surface area contributed by atoms with Gasteiger partial charge in [0, 0.05) is 18.3 Å². The molecule has 0 aromatic carbocycles. The molecule has 20 heavy (non-hydrogen) atoms. The van der Waals surface area contributed by atoms with E-state index in [0.717, 1.165) is 43.5 Å². The first-order valence-electron chi connectivity index (χ1n) is 8.00. The largest absolute Gasteiger partial charge is 0.370 e. The molecule has 1 aromatic rings. The van der Waals surface area contributed by atoms with E-state index in [1.165, 1.54) is 25.7 Å². The summed E-state index contributed by atoms with van der Waals surface area (Å²) in [4.78, 5) is 11.7. The van der Waals surface area contributed by atoms with Crippen LogP contribution in [0.25, 0.3) is 0 Å². The molecule has 0 radical (unpaired) electrons. The minimum absolute atomic E-state index is 0.861. The maximum absolute atomic E-state index is 4.62. The van der Waals surface area contributed by atoms with Crippen LogP contribution < -0.4 is 5.32 Å². The van der Waals surface area contributed by atoms with E-state index in [1.54, 1.807) is 0 Å². The van der Waals surface area contributed by atoms with Crippen molar-refractivity contribution < 1.29 is 0 Å². The number of aryl methyl sites for hydroxylation is 1. The third kappa shape index (κ3) is 6.33. The molecule has 0 saturated carbocycles. The number of hydrogen-bond donors (Lipinski definition) is 1. The van der Waals surface area contributed by atoms with Crippen molar-refractivity contribution in [1.29, 1.82) is 0 Å². The fraction of sp³-hybridized carbons (Fsp3) is 0.750.